The van der Waals surface area contributed by atoms with Gasteiger partial charge in [-0.15, -0.1) is 0 Å². The van der Waals surface area contributed by atoms with Crippen LogP contribution in [0, 0.1) is 13.8 Å². The van der Waals surface area contributed by atoms with Gasteiger partial charge in [-0.25, -0.2) is 4.98 Å². The topological polar surface area (TPSA) is 80.0 Å². The molecule has 2 aromatic heterocycles. The van der Waals surface area contributed by atoms with Crippen LogP contribution in [0.2, 0.25) is 0 Å². The average molecular weight is 365 g/mol. The van der Waals surface area contributed by atoms with Crippen molar-refractivity contribution < 1.29 is 0 Å². The molecule has 0 bridgehead atoms. The van der Waals surface area contributed by atoms with Crippen molar-refractivity contribution in [3.05, 3.63) is 15.7 Å². The van der Waals surface area contributed by atoms with Crippen molar-refractivity contribution in [3.8, 4) is 0 Å². The maximum Gasteiger partial charge on any atom is 0.226 e. The lowest BCUT2D eigenvalue weighted by molar-refractivity contribution is 0.263. The van der Waals surface area contributed by atoms with E-state index in [2.05, 4.69) is 48.1 Å². The van der Waals surface area contributed by atoms with Crippen LogP contribution < -0.4 is 11.1 Å². The Kier molecular flexibility index (Phi) is 4.18. The van der Waals surface area contributed by atoms with Crippen molar-refractivity contribution in [2.75, 3.05) is 31.2 Å². The van der Waals surface area contributed by atoms with E-state index >= 15 is 0 Å². The number of nitrogens with two attached hydrogens (primary N) is 1. The van der Waals surface area contributed by atoms with E-state index in [4.69, 9.17) is 5.73 Å². The summed E-state index contributed by atoms with van der Waals surface area (Å²) in [6.07, 6.45) is 2.17. The summed E-state index contributed by atoms with van der Waals surface area (Å²) in [6, 6.07) is 0.394. The van der Waals surface area contributed by atoms with Gasteiger partial charge in [0, 0.05) is 10.5 Å². The molecule has 3 heterocycles. The third-order valence-corrected chi connectivity index (χ3v) is 5.43. The highest BCUT2D eigenvalue weighted by Crippen LogP contribution is 2.30. The smallest absolute Gasteiger partial charge is 0.226 e. The van der Waals surface area contributed by atoms with Crippen LogP contribution in [0.5, 0.6) is 0 Å². The lowest BCUT2D eigenvalue weighted by atomic mass is 10.1. The lowest BCUT2D eigenvalue weighted by Gasteiger charge is -2.29. The maximum absolute atomic E-state index is 6.14. The van der Waals surface area contributed by atoms with Gasteiger partial charge < -0.3 is 16.0 Å². The minimum atomic E-state index is 0.394. The number of likely N-dealkylation sites (tertiary alicyclic amines) is 1. The highest BCUT2D eigenvalue weighted by Gasteiger charge is 2.19. The van der Waals surface area contributed by atoms with Crippen molar-refractivity contribution in [1.82, 2.24) is 19.9 Å². The molecule has 2 aromatic rings. The summed E-state index contributed by atoms with van der Waals surface area (Å²) in [7, 11) is 2.15. The number of aromatic nitrogens is 3. The fourth-order valence-electron chi connectivity index (χ4n) is 2.90. The van der Waals surface area contributed by atoms with Gasteiger partial charge in [0.1, 0.15) is 5.82 Å². The van der Waals surface area contributed by atoms with Crippen molar-refractivity contribution >= 4 is 38.7 Å². The number of piperidine rings is 1. The molecule has 0 aliphatic carbocycles. The molecule has 0 saturated carbocycles. The van der Waals surface area contributed by atoms with E-state index in [1.807, 2.05) is 13.8 Å². The number of hydrogen-bond donors (Lipinski definition) is 2. The molecule has 118 valence electrons. The first-order valence-corrected chi connectivity index (χ1v) is 8.30. The molecule has 1 aliphatic heterocycles. The quantitative estimate of drug-likeness (QED) is 0.851. The summed E-state index contributed by atoms with van der Waals surface area (Å²) in [5, 5.41) is 4.23. The number of pyridine rings is 1. The number of hydrogen-bond acceptors (Lipinski definition) is 6. The van der Waals surface area contributed by atoms with Crippen molar-refractivity contribution in [2.24, 2.45) is 0 Å². The molecule has 0 spiro atoms. The van der Waals surface area contributed by atoms with Crippen LogP contribution in [-0.2, 0) is 0 Å². The zero-order valence-corrected chi connectivity index (χ0v) is 14.7. The molecule has 3 N–H and O–H groups in total. The monoisotopic (exact) mass is 364 g/mol. The number of anilines is 2. The number of aryl methyl sites for hydroxylation is 2. The van der Waals surface area contributed by atoms with Crippen molar-refractivity contribution in [2.45, 2.75) is 32.7 Å². The van der Waals surface area contributed by atoms with Crippen LogP contribution in [0.25, 0.3) is 11.0 Å². The van der Waals surface area contributed by atoms with Gasteiger partial charge in [0.2, 0.25) is 5.95 Å². The zero-order chi connectivity index (χ0) is 15.9. The molecule has 0 amide bonds. The number of nitrogen functional groups attached to an aromatic ring is 1. The molecule has 7 heteroatoms. The van der Waals surface area contributed by atoms with Crippen LogP contribution in [0.4, 0.5) is 11.8 Å². The number of halogens is 1. The third kappa shape index (κ3) is 2.87. The second-order valence-corrected chi connectivity index (χ2v) is 6.78. The van der Waals surface area contributed by atoms with Gasteiger partial charge in [-0.05, 0) is 68.3 Å². The Morgan fingerprint density at radius 2 is 1.86 bits per heavy atom. The fraction of sp³-hybridized carbons (Fsp3) is 0.533. The molecule has 22 heavy (non-hydrogen) atoms. The minimum Gasteiger partial charge on any atom is -0.383 e. The predicted octanol–water partition coefficient (Wildman–Crippen LogP) is 2.49. The average Bonchev–Trinajstić information content (AvgIpc) is 2.47. The normalized spacial score (nSPS) is 17.1. The largest absolute Gasteiger partial charge is 0.383 e. The third-order valence-electron chi connectivity index (χ3n) is 4.27. The summed E-state index contributed by atoms with van der Waals surface area (Å²) >= 11 is 3.54. The van der Waals surface area contributed by atoms with E-state index in [0.717, 1.165) is 47.0 Å². The Balaban J connectivity index is 1.94. The van der Waals surface area contributed by atoms with Crippen LogP contribution >= 0.6 is 15.9 Å². The Hall–Kier alpha value is -1.47. The summed E-state index contributed by atoms with van der Waals surface area (Å²) in [5.41, 5.74) is 8.74. The first-order chi connectivity index (χ1) is 10.5. The highest BCUT2D eigenvalue weighted by molar-refractivity contribution is 9.10. The maximum atomic E-state index is 6.14. The molecule has 6 nitrogen and oxygen atoms in total. The second kappa shape index (κ2) is 5.96. The molecule has 0 unspecified atom stereocenters. The predicted molar refractivity (Wildman–Crippen MR) is 93.1 cm³/mol. The van der Waals surface area contributed by atoms with Gasteiger partial charge in [-0.2, -0.15) is 9.97 Å². The van der Waals surface area contributed by atoms with Gasteiger partial charge in [-0.3, -0.25) is 0 Å². The van der Waals surface area contributed by atoms with E-state index in [0.29, 0.717) is 23.5 Å². The molecule has 3 rings (SSSR count). The lowest BCUT2D eigenvalue weighted by Crippen LogP contribution is -2.37. The number of fused-ring (bicyclic) bond motifs is 1. The molecule has 1 saturated heterocycles. The number of rotatable bonds is 2. The van der Waals surface area contributed by atoms with E-state index in [1.54, 1.807) is 0 Å². The summed E-state index contributed by atoms with van der Waals surface area (Å²) < 4.78 is 0.964. The fourth-order valence-corrected chi connectivity index (χ4v) is 3.18. The van der Waals surface area contributed by atoms with E-state index in [1.165, 1.54) is 0 Å². The molecule has 0 aromatic carbocycles. The molecular formula is C15H21BrN6. The van der Waals surface area contributed by atoms with Crippen molar-refractivity contribution in [3.63, 3.8) is 0 Å². The van der Waals surface area contributed by atoms with Gasteiger partial charge in [0.25, 0.3) is 0 Å². The van der Waals surface area contributed by atoms with E-state index in [-0.39, 0.29) is 0 Å². The van der Waals surface area contributed by atoms with Crippen molar-refractivity contribution in [1.29, 1.82) is 0 Å². The molecule has 0 radical (unpaired) electrons. The number of nitrogens with zero attached hydrogens (tertiary/aromatic N) is 4. The summed E-state index contributed by atoms with van der Waals surface area (Å²) in [6.45, 7) is 6.14. The van der Waals surface area contributed by atoms with Crippen LogP contribution in [0.3, 0.4) is 0 Å². The SMILES string of the molecule is Cc1nc2nc(NC3CCN(C)CC3)nc(N)c2c(C)c1Br. The Morgan fingerprint density at radius 1 is 1.18 bits per heavy atom. The van der Waals surface area contributed by atoms with Crippen LogP contribution in [0.1, 0.15) is 24.1 Å². The van der Waals surface area contributed by atoms with Gasteiger partial charge in [0.05, 0.1) is 11.1 Å². The van der Waals surface area contributed by atoms with Gasteiger partial charge >= 0.3 is 0 Å². The zero-order valence-electron chi connectivity index (χ0n) is 13.1. The molecule has 1 fully saturated rings. The summed E-state index contributed by atoms with van der Waals surface area (Å²) in [5.74, 6) is 1.05. The first kappa shape index (κ1) is 15.4. The Labute approximate surface area is 138 Å². The Bertz CT molecular complexity index is 709. The van der Waals surface area contributed by atoms with Gasteiger partial charge in [-0.1, -0.05) is 0 Å². The van der Waals surface area contributed by atoms with E-state index in [9.17, 15) is 0 Å². The van der Waals surface area contributed by atoms with Crippen LogP contribution in [0.15, 0.2) is 4.47 Å². The molecule has 1 aliphatic rings. The first-order valence-electron chi connectivity index (χ1n) is 7.50. The summed E-state index contributed by atoms with van der Waals surface area (Å²) in [4.78, 5) is 15.9. The highest BCUT2D eigenvalue weighted by atomic mass is 79.9. The van der Waals surface area contributed by atoms with Crippen LogP contribution in [-0.4, -0.2) is 46.0 Å². The van der Waals surface area contributed by atoms with Gasteiger partial charge in [0.15, 0.2) is 5.65 Å². The Morgan fingerprint density at radius 3 is 2.55 bits per heavy atom. The standard InChI is InChI=1S/C15H21BrN6/c1-8-11-13(17)20-15(19-10-4-6-22(3)7-5-10)21-14(11)18-9(2)12(8)16/h10H,4-7H2,1-3H3,(H3,17,18,19,20,21). The molecular weight excluding hydrogens is 344 g/mol. The number of nitrogens with one attached hydrogen (secondary N) is 1. The molecule has 0 atom stereocenters. The minimum absolute atomic E-state index is 0.394. The second-order valence-electron chi connectivity index (χ2n) is 5.99. The van der Waals surface area contributed by atoms with E-state index < -0.39 is 0 Å².